The first-order chi connectivity index (χ1) is 11.1. The third kappa shape index (κ3) is 3.51. The van der Waals surface area contributed by atoms with Gasteiger partial charge >= 0.3 is 5.97 Å². The number of benzene rings is 1. The summed E-state index contributed by atoms with van der Waals surface area (Å²) in [5.74, 6) is -1.18. The molecule has 0 aliphatic carbocycles. The van der Waals surface area contributed by atoms with Gasteiger partial charge in [-0.25, -0.2) is 4.39 Å². The van der Waals surface area contributed by atoms with E-state index in [1.165, 1.54) is 23.7 Å². The third-order valence-corrected chi connectivity index (χ3v) is 4.89. The Morgan fingerprint density at radius 2 is 2.17 bits per heavy atom. The van der Waals surface area contributed by atoms with Crippen molar-refractivity contribution in [1.29, 1.82) is 0 Å². The summed E-state index contributed by atoms with van der Waals surface area (Å²) >= 11 is 1.36. The standard InChI is InChI=1S/C16H17FN2O3S/c1-22-15-6-12(23-18-15)7-19-8-13(14(9-19)16(20)21)10-2-4-11(17)5-3-10/h2-6,13-14H,7-9H2,1H3,(H,20,21)/t13-,14+/m1/s1. The molecular formula is C16H17FN2O3S. The lowest BCUT2D eigenvalue weighted by molar-refractivity contribution is -0.141. The Labute approximate surface area is 137 Å². The van der Waals surface area contributed by atoms with Gasteiger partial charge in [-0.3, -0.25) is 9.69 Å². The third-order valence-electron chi connectivity index (χ3n) is 4.14. The van der Waals surface area contributed by atoms with Crippen molar-refractivity contribution in [2.24, 2.45) is 5.92 Å². The number of hydrogen-bond donors (Lipinski definition) is 1. The van der Waals surface area contributed by atoms with Crippen molar-refractivity contribution >= 4 is 17.5 Å². The first-order valence-electron chi connectivity index (χ1n) is 7.27. The molecule has 23 heavy (non-hydrogen) atoms. The summed E-state index contributed by atoms with van der Waals surface area (Å²) in [6.07, 6.45) is 0. The lowest BCUT2D eigenvalue weighted by atomic mass is 9.89. The first kappa shape index (κ1) is 15.9. The van der Waals surface area contributed by atoms with E-state index in [1.54, 1.807) is 19.2 Å². The fraction of sp³-hybridized carbons (Fsp3) is 0.375. The second-order valence-electron chi connectivity index (χ2n) is 5.63. The number of carbonyl (C=O) groups is 1. The fourth-order valence-electron chi connectivity index (χ4n) is 3.00. The first-order valence-corrected chi connectivity index (χ1v) is 8.04. The molecule has 2 aromatic rings. The fourth-order valence-corrected chi connectivity index (χ4v) is 3.73. The summed E-state index contributed by atoms with van der Waals surface area (Å²) in [6.45, 7) is 1.74. The molecule has 3 rings (SSSR count). The average Bonchev–Trinajstić information content (AvgIpc) is 3.15. The number of aliphatic carboxylic acids is 1. The molecule has 1 aromatic heterocycles. The van der Waals surface area contributed by atoms with E-state index in [0.717, 1.165) is 10.4 Å². The highest BCUT2D eigenvalue weighted by atomic mass is 32.1. The summed E-state index contributed by atoms with van der Waals surface area (Å²) in [7, 11) is 1.57. The van der Waals surface area contributed by atoms with Gasteiger partial charge in [-0.05, 0) is 29.2 Å². The molecule has 0 saturated carbocycles. The molecule has 5 nitrogen and oxygen atoms in total. The maximum absolute atomic E-state index is 13.1. The van der Waals surface area contributed by atoms with Crippen molar-refractivity contribution in [1.82, 2.24) is 9.27 Å². The molecule has 1 aliphatic rings. The topological polar surface area (TPSA) is 62.7 Å². The van der Waals surface area contributed by atoms with Gasteiger partial charge < -0.3 is 9.84 Å². The Balaban J connectivity index is 1.75. The molecule has 7 heteroatoms. The predicted molar refractivity (Wildman–Crippen MR) is 84.2 cm³/mol. The maximum atomic E-state index is 13.1. The Morgan fingerprint density at radius 3 is 2.78 bits per heavy atom. The molecule has 1 saturated heterocycles. The molecule has 0 amide bonds. The van der Waals surface area contributed by atoms with E-state index < -0.39 is 11.9 Å². The molecule has 0 spiro atoms. The van der Waals surface area contributed by atoms with E-state index >= 15 is 0 Å². The molecule has 0 radical (unpaired) electrons. The number of nitrogens with zero attached hydrogens (tertiary/aromatic N) is 2. The van der Waals surface area contributed by atoms with Crippen molar-refractivity contribution in [2.75, 3.05) is 20.2 Å². The van der Waals surface area contributed by atoms with Crippen LogP contribution in [0.2, 0.25) is 0 Å². The van der Waals surface area contributed by atoms with E-state index in [4.69, 9.17) is 4.74 Å². The molecule has 1 fully saturated rings. The minimum absolute atomic E-state index is 0.136. The average molecular weight is 336 g/mol. The zero-order valence-corrected chi connectivity index (χ0v) is 13.4. The summed E-state index contributed by atoms with van der Waals surface area (Å²) in [6, 6.07) is 7.98. The highest BCUT2D eigenvalue weighted by Gasteiger charge is 2.38. The van der Waals surface area contributed by atoms with Gasteiger partial charge in [0.1, 0.15) is 5.82 Å². The monoisotopic (exact) mass is 336 g/mol. The Hall–Kier alpha value is -1.99. The van der Waals surface area contributed by atoms with Gasteiger partial charge in [-0.1, -0.05) is 12.1 Å². The number of carboxylic acid groups (broad SMARTS) is 1. The minimum atomic E-state index is -0.816. The van der Waals surface area contributed by atoms with E-state index in [2.05, 4.69) is 9.27 Å². The van der Waals surface area contributed by atoms with Crippen LogP contribution in [0.5, 0.6) is 5.88 Å². The number of rotatable bonds is 5. The number of carboxylic acids is 1. The van der Waals surface area contributed by atoms with Crippen molar-refractivity contribution in [3.05, 3.63) is 46.6 Å². The smallest absolute Gasteiger partial charge is 0.308 e. The van der Waals surface area contributed by atoms with Gasteiger partial charge in [0, 0.05) is 36.5 Å². The van der Waals surface area contributed by atoms with Crippen LogP contribution in [0.25, 0.3) is 0 Å². The Bertz CT molecular complexity index is 689. The second-order valence-corrected chi connectivity index (χ2v) is 6.52. The molecule has 0 unspecified atom stereocenters. The van der Waals surface area contributed by atoms with Crippen LogP contribution in [0.1, 0.15) is 16.4 Å². The van der Waals surface area contributed by atoms with Gasteiger partial charge in [0.25, 0.3) is 0 Å². The largest absolute Gasteiger partial charge is 0.481 e. The van der Waals surface area contributed by atoms with Crippen LogP contribution in [-0.2, 0) is 11.3 Å². The van der Waals surface area contributed by atoms with E-state index in [0.29, 0.717) is 25.5 Å². The quantitative estimate of drug-likeness (QED) is 0.909. The SMILES string of the molecule is COc1cc(CN2C[C@H](C(=O)O)[C@@H](c3ccc(F)cc3)C2)sn1. The van der Waals surface area contributed by atoms with Crippen molar-refractivity contribution in [2.45, 2.75) is 12.5 Å². The number of methoxy groups -OCH3 is 1. The molecule has 2 atom stereocenters. The van der Waals surface area contributed by atoms with E-state index in [1.807, 2.05) is 6.07 Å². The summed E-state index contributed by atoms with van der Waals surface area (Å²) in [4.78, 5) is 14.7. The summed E-state index contributed by atoms with van der Waals surface area (Å²) in [5.41, 5.74) is 0.864. The number of hydrogen-bond acceptors (Lipinski definition) is 5. The van der Waals surface area contributed by atoms with Crippen LogP contribution in [0, 0.1) is 11.7 Å². The van der Waals surface area contributed by atoms with E-state index in [-0.39, 0.29) is 11.7 Å². The number of aromatic nitrogens is 1. The number of halogens is 1. The van der Waals surface area contributed by atoms with Crippen molar-refractivity contribution < 1.29 is 19.0 Å². The molecular weight excluding hydrogens is 319 g/mol. The van der Waals surface area contributed by atoms with E-state index in [9.17, 15) is 14.3 Å². The van der Waals surface area contributed by atoms with Crippen LogP contribution in [0.15, 0.2) is 30.3 Å². The lowest BCUT2D eigenvalue weighted by Gasteiger charge is -2.15. The van der Waals surface area contributed by atoms with Gasteiger partial charge in [0.15, 0.2) is 0 Å². The molecule has 1 aliphatic heterocycles. The highest BCUT2D eigenvalue weighted by molar-refractivity contribution is 7.05. The molecule has 1 N–H and O–H groups in total. The van der Waals surface area contributed by atoms with Crippen molar-refractivity contribution in [3.63, 3.8) is 0 Å². The highest BCUT2D eigenvalue weighted by Crippen LogP contribution is 2.34. The normalized spacial score (nSPS) is 21.5. The number of ether oxygens (including phenoxy) is 1. The van der Waals surface area contributed by atoms with Gasteiger partial charge in [-0.2, -0.15) is 4.37 Å². The van der Waals surface area contributed by atoms with Gasteiger partial charge in [-0.15, -0.1) is 0 Å². The molecule has 0 bridgehead atoms. The molecule has 2 heterocycles. The van der Waals surface area contributed by atoms with Crippen LogP contribution in [0.3, 0.4) is 0 Å². The molecule has 1 aromatic carbocycles. The zero-order chi connectivity index (χ0) is 16.4. The van der Waals surface area contributed by atoms with Crippen LogP contribution < -0.4 is 4.74 Å². The lowest BCUT2D eigenvalue weighted by Crippen LogP contribution is -2.23. The summed E-state index contributed by atoms with van der Waals surface area (Å²) < 4.78 is 22.3. The zero-order valence-electron chi connectivity index (χ0n) is 12.6. The maximum Gasteiger partial charge on any atom is 0.308 e. The Kier molecular flexibility index (Phi) is 4.58. The number of likely N-dealkylation sites (tertiary alicyclic amines) is 1. The minimum Gasteiger partial charge on any atom is -0.481 e. The van der Waals surface area contributed by atoms with Gasteiger partial charge in [0.05, 0.1) is 13.0 Å². The summed E-state index contributed by atoms with van der Waals surface area (Å²) in [5, 5.41) is 9.50. The Morgan fingerprint density at radius 1 is 1.43 bits per heavy atom. The van der Waals surface area contributed by atoms with Crippen LogP contribution in [-0.4, -0.2) is 40.5 Å². The van der Waals surface area contributed by atoms with Crippen molar-refractivity contribution in [3.8, 4) is 5.88 Å². The van der Waals surface area contributed by atoms with Gasteiger partial charge in [0.2, 0.25) is 5.88 Å². The van der Waals surface area contributed by atoms with Crippen LogP contribution >= 0.6 is 11.5 Å². The van der Waals surface area contributed by atoms with Crippen LogP contribution in [0.4, 0.5) is 4.39 Å². The molecule has 122 valence electrons. The second kappa shape index (κ2) is 6.64. The predicted octanol–water partition coefficient (Wildman–Crippen LogP) is 2.59.